The van der Waals surface area contributed by atoms with Crippen LogP contribution in [0.3, 0.4) is 0 Å². The smallest absolute Gasteiger partial charge is 0.223 e. The molecule has 1 amide bonds. The molecule has 1 aliphatic heterocycles. The van der Waals surface area contributed by atoms with Crippen LogP contribution in [0.5, 0.6) is 0 Å². The van der Waals surface area contributed by atoms with Crippen molar-refractivity contribution < 1.29 is 4.79 Å². The number of piperazine rings is 1. The molecule has 3 rings (SSSR count). The molecule has 0 radical (unpaired) electrons. The van der Waals surface area contributed by atoms with Gasteiger partial charge in [0.05, 0.1) is 6.04 Å². The van der Waals surface area contributed by atoms with Crippen LogP contribution < -0.4 is 5.32 Å². The molecule has 2 aliphatic rings. The molecule has 0 spiro atoms. The quantitative estimate of drug-likeness (QED) is 0.873. The zero-order valence-corrected chi connectivity index (χ0v) is 14.4. The number of likely N-dealkylation sites (N-methyl/N-ethyl adjacent to an activating group) is 1. The summed E-state index contributed by atoms with van der Waals surface area (Å²) in [6.07, 6.45) is 2.43. The number of hydrogen-bond donors (Lipinski definition) is 1. The summed E-state index contributed by atoms with van der Waals surface area (Å²) >= 11 is 0. The molecular weight excluding hydrogens is 286 g/mol. The molecule has 4 heteroatoms. The molecule has 2 unspecified atom stereocenters. The van der Waals surface area contributed by atoms with E-state index in [9.17, 15) is 4.79 Å². The van der Waals surface area contributed by atoms with Crippen molar-refractivity contribution in [3.8, 4) is 0 Å². The van der Waals surface area contributed by atoms with Crippen LogP contribution in [0.15, 0.2) is 30.3 Å². The maximum Gasteiger partial charge on any atom is 0.223 e. The van der Waals surface area contributed by atoms with E-state index in [1.165, 1.54) is 18.4 Å². The van der Waals surface area contributed by atoms with E-state index in [1.807, 2.05) is 0 Å². The minimum atomic E-state index is 0.166. The van der Waals surface area contributed by atoms with E-state index in [1.54, 1.807) is 0 Å². The van der Waals surface area contributed by atoms with Crippen LogP contribution in [-0.4, -0.2) is 55.5 Å². The normalized spacial score (nSPS) is 22.5. The Morgan fingerprint density at radius 2 is 1.83 bits per heavy atom. The minimum Gasteiger partial charge on any atom is -0.354 e. The van der Waals surface area contributed by atoms with Gasteiger partial charge in [-0.1, -0.05) is 37.3 Å². The summed E-state index contributed by atoms with van der Waals surface area (Å²) in [7, 11) is 2.17. The van der Waals surface area contributed by atoms with Crippen molar-refractivity contribution >= 4 is 5.91 Å². The Hall–Kier alpha value is -1.39. The lowest BCUT2D eigenvalue weighted by Gasteiger charge is -2.38. The Balaban J connectivity index is 1.64. The van der Waals surface area contributed by atoms with Gasteiger partial charge in [-0.05, 0) is 31.4 Å². The molecule has 1 N–H and O–H groups in total. The second-order valence-corrected chi connectivity index (χ2v) is 7.14. The molecule has 0 aromatic heterocycles. The van der Waals surface area contributed by atoms with Crippen LogP contribution in [-0.2, 0) is 4.79 Å². The molecule has 1 heterocycles. The van der Waals surface area contributed by atoms with Gasteiger partial charge in [-0.2, -0.15) is 0 Å². The summed E-state index contributed by atoms with van der Waals surface area (Å²) in [6, 6.07) is 10.9. The number of hydrogen-bond acceptors (Lipinski definition) is 3. The highest BCUT2D eigenvalue weighted by Crippen LogP contribution is 2.36. The molecule has 1 saturated carbocycles. The summed E-state index contributed by atoms with van der Waals surface area (Å²) < 4.78 is 0. The van der Waals surface area contributed by atoms with Crippen molar-refractivity contribution in [3.05, 3.63) is 35.9 Å². The summed E-state index contributed by atoms with van der Waals surface area (Å²) in [5, 5.41) is 3.22. The van der Waals surface area contributed by atoms with Crippen LogP contribution in [0.1, 0.15) is 31.4 Å². The highest BCUT2D eigenvalue weighted by atomic mass is 16.1. The molecule has 1 aromatic rings. The van der Waals surface area contributed by atoms with E-state index in [4.69, 9.17) is 0 Å². The molecule has 1 aliphatic carbocycles. The number of rotatable bonds is 6. The first-order valence-electron chi connectivity index (χ1n) is 8.90. The lowest BCUT2D eigenvalue weighted by molar-refractivity contribution is -0.125. The zero-order valence-electron chi connectivity index (χ0n) is 14.4. The molecule has 2 fully saturated rings. The number of nitrogens with zero attached hydrogens (tertiary/aromatic N) is 2. The van der Waals surface area contributed by atoms with E-state index in [2.05, 4.69) is 59.4 Å². The average Bonchev–Trinajstić information content (AvgIpc) is 3.41. The van der Waals surface area contributed by atoms with Gasteiger partial charge < -0.3 is 10.2 Å². The van der Waals surface area contributed by atoms with Gasteiger partial charge in [-0.25, -0.2) is 0 Å². The number of amides is 1. The first kappa shape index (κ1) is 16.5. The molecule has 2 atom stereocenters. The van der Waals surface area contributed by atoms with Crippen molar-refractivity contribution in [2.24, 2.45) is 11.8 Å². The molecule has 4 nitrogen and oxygen atoms in total. The maximum absolute atomic E-state index is 12.4. The predicted molar refractivity (Wildman–Crippen MR) is 93.2 cm³/mol. The lowest BCUT2D eigenvalue weighted by atomic mass is 10.0. The van der Waals surface area contributed by atoms with Gasteiger partial charge in [-0.15, -0.1) is 0 Å². The first-order valence-corrected chi connectivity index (χ1v) is 8.90. The first-order chi connectivity index (χ1) is 11.1. The third-order valence-electron chi connectivity index (χ3n) is 5.38. The number of carbonyl (C=O) groups excluding carboxylic acids is 1. The van der Waals surface area contributed by atoms with E-state index < -0.39 is 0 Å². The fourth-order valence-corrected chi connectivity index (χ4v) is 3.44. The van der Waals surface area contributed by atoms with Gasteiger partial charge in [-0.3, -0.25) is 9.69 Å². The Kier molecular flexibility index (Phi) is 5.34. The average molecular weight is 315 g/mol. The highest BCUT2D eigenvalue weighted by molar-refractivity contribution is 5.78. The SMILES string of the molecule is CC(C(=O)NCC(c1ccccc1)N1CCN(C)CC1)C1CC1. The second kappa shape index (κ2) is 7.45. The predicted octanol–water partition coefficient (Wildman–Crippen LogP) is 2.14. The summed E-state index contributed by atoms with van der Waals surface area (Å²) in [5.74, 6) is 1.01. The zero-order chi connectivity index (χ0) is 16.2. The number of nitrogens with one attached hydrogen (secondary N) is 1. The van der Waals surface area contributed by atoms with Gasteiger partial charge in [0, 0.05) is 38.6 Å². The van der Waals surface area contributed by atoms with Crippen molar-refractivity contribution in [1.29, 1.82) is 0 Å². The molecule has 1 aromatic carbocycles. The van der Waals surface area contributed by atoms with Crippen LogP contribution in [0, 0.1) is 11.8 Å². The number of benzene rings is 1. The standard InChI is InChI=1S/C19H29N3O/c1-15(16-8-9-16)19(23)20-14-18(17-6-4-3-5-7-17)22-12-10-21(2)11-13-22/h3-7,15-16,18H,8-14H2,1-2H3,(H,20,23). The van der Waals surface area contributed by atoms with E-state index in [0.29, 0.717) is 12.5 Å². The molecule has 126 valence electrons. The third-order valence-corrected chi connectivity index (χ3v) is 5.38. The topological polar surface area (TPSA) is 35.6 Å². The van der Waals surface area contributed by atoms with Gasteiger partial charge in [0.15, 0.2) is 0 Å². The Morgan fingerprint density at radius 1 is 1.17 bits per heavy atom. The second-order valence-electron chi connectivity index (χ2n) is 7.14. The van der Waals surface area contributed by atoms with Crippen LogP contribution in [0.4, 0.5) is 0 Å². The fraction of sp³-hybridized carbons (Fsp3) is 0.632. The molecular formula is C19H29N3O. The van der Waals surface area contributed by atoms with Crippen molar-refractivity contribution in [3.63, 3.8) is 0 Å². The van der Waals surface area contributed by atoms with Crippen LogP contribution >= 0.6 is 0 Å². The van der Waals surface area contributed by atoms with Crippen molar-refractivity contribution in [2.45, 2.75) is 25.8 Å². The summed E-state index contributed by atoms with van der Waals surface area (Å²) in [5.41, 5.74) is 1.30. The van der Waals surface area contributed by atoms with Gasteiger partial charge in [0.1, 0.15) is 0 Å². The largest absolute Gasteiger partial charge is 0.354 e. The molecule has 1 saturated heterocycles. The van der Waals surface area contributed by atoms with E-state index in [-0.39, 0.29) is 17.9 Å². The van der Waals surface area contributed by atoms with Crippen molar-refractivity contribution in [2.75, 3.05) is 39.8 Å². The Labute approximate surface area is 139 Å². The molecule has 23 heavy (non-hydrogen) atoms. The van der Waals surface area contributed by atoms with E-state index in [0.717, 1.165) is 26.2 Å². The third kappa shape index (κ3) is 4.33. The Morgan fingerprint density at radius 3 is 2.43 bits per heavy atom. The lowest BCUT2D eigenvalue weighted by Crippen LogP contribution is -2.48. The van der Waals surface area contributed by atoms with E-state index >= 15 is 0 Å². The van der Waals surface area contributed by atoms with Crippen molar-refractivity contribution in [1.82, 2.24) is 15.1 Å². The van der Waals surface area contributed by atoms with Gasteiger partial charge in [0.2, 0.25) is 5.91 Å². The van der Waals surface area contributed by atoms with Gasteiger partial charge >= 0.3 is 0 Å². The van der Waals surface area contributed by atoms with Crippen LogP contribution in [0.25, 0.3) is 0 Å². The Bertz CT molecular complexity index is 507. The minimum absolute atomic E-state index is 0.166. The fourth-order valence-electron chi connectivity index (χ4n) is 3.44. The molecule has 0 bridgehead atoms. The summed E-state index contributed by atoms with van der Waals surface area (Å²) in [6.45, 7) is 7.09. The number of carbonyl (C=O) groups is 1. The van der Waals surface area contributed by atoms with Gasteiger partial charge in [0.25, 0.3) is 0 Å². The van der Waals surface area contributed by atoms with Crippen LogP contribution in [0.2, 0.25) is 0 Å². The maximum atomic E-state index is 12.4. The highest BCUT2D eigenvalue weighted by Gasteiger charge is 2.33. The summed E-state index contributed by atoms with van der Waals surface area (Å²) in [4.78, 5) is 17.2. The monoisotopic (exact) mass is 315 g/mol.